The largest absolute Gasteiger partial charge is 0.334 e. The summed E-state index contributed by atoms with van der Waals surface area (Å²) in [6, 6.07) is 10.9. The second-order valence-electron chi connectivity index (χ2n) is 3.67. The molecule has 3 rings (SSSR count). The van der Waals surface area contributed by atoms with Gasteiger partial charge in [-0.2, -0.15) is 0 Å². The third-order valence-electron chi connectivity index (χ3n) is 2.53. The van der Waals surface area contributed by atoms with Gasteiger partial charge in [0, 0.05) is 11.8 Å². The molecule has 4 heteroatoms. The van der Waals surface area contributed by atoms with E-state index in [2.05, 4.69) is 15.0 Å². The molecule has 3 aromatic rings. The van der Waals surface area contributed by atoms with E-state index in [0.717, 1.165) is 11.0 Å². The van der Waals surface area contributed by atoms with E-state index in [1.165, 1.54) is 0 Å². The van der Waals surface area contributed by atoms with Crippen molar-refractivity contribution in [3.8, 4) is 0 Å². The minimum atomic E-state index is -0.109. The maximum absolute atomic E-state index is 12.1. The highest BCUT2D eigenvalue weighted by Gasteiger charge is 2.12. The normalized spacial score (nSPS) is 10.6. The lowest BCUT2D eigenvalue weighted by Crippen LogP contribution is -2.02. The van der Waals surface area contributed by atoms with Crippen molar-refractivity contribution >= 4 is 16.8 Å². The Bertz CT molecular complexity index is 640. The van der Waals surface area contributed by atoms with Crippen molar-refractivity contribution in [2.45, 2.75) is 0 Å². The first-order valence-corrected chi connectivity index (χ1v) is 5.24. The summed E-state index contributed by atoms with van der Waals surface area (Å²) in [5.41, 5.74) is 2.14. The number of pyridine rings is 1. The molecular formula is C13H9N3O. The van der Waals surface area contributed by atoms with E-state index in [1.54, 1.807) is 30.6 Å². The number of carbonyl (C=O) groups is 1. The van der Waals surface area contributed by atoms with Gasteiger partial charge in [-0.3, -0.25) is 9.78 Å². The Kier molecular flexibility index (Phi) is 2.19. The second kappa shape index (κ2) is 3.83. The zero-order chi connectivity index (χ0) is 11.7. The van der Waals surface area contributed by atoms with Gasteiger partial charge in [-0.25, -0.2) is 4.98 Å². The zero-order valence-corrected chi connectivity index (χ0v) is 8.92. The van der Waals surface area contributed by atoms with Gasteiger partial charge in [-0.1, -0.05) is 30.3 Å². The number of benzene rings is 1. The Labute approximate surface area is 97.3 Å². The average Bonchev–Trinajstić information content (AvgIpc) is 2.82. The Morgan fingerprint density at radius 1 is 1.12 bits per heavy atom. The summed E-state index contributed by atoms with van der Waals surface area (Å²) in [7, 11) is 0. The van der Waals surface area contributed by atoms with Gasteiger partial charge in [-0.15, -0.1) is 0 Å². The van der Waals surface area contributed by atoms with Gasteiger partial charge >= 0.3 is 0 Å². The highest BCUT2D eigenvalue weighted by molar-refractivity contribution is 6.07. The fraction of sp³-hybridized carbons (Fsp3) is 0. The minimum Gasteiger partial charge on any atom is -0.334 e. The van der Waals surface area contributed by atoms with Crippen LogP contribution in [0.25, 0.3) is 11.0 Å². The number of hydrogen-bond acceptors (Lipinski definition) is 3. The molecule has 2 aromatic heterocycles. The van der Waals surface area contributed by atoms with Gasteiger partial charge in [0.2, 0.25) is 5.78 Å². The lowest BCUT2D eigenvalue weighted by molar-refractivity contribution is 0.103. The smallest absolute Gasteiger partial charge is 0.228 e. The van der Waals surface area contributed by atoms with Crippen LogP contribution < -0.4 is 0 Å². The molecule has 0 radical (unpaired) electrons. The molecule has 2 heterocycles. The SMILES string of the molecule is O=C(c1ccccc1)c1nc2ccncc2[nH]1. The lowest BCUT2D eigenvalue weighted by atomic mass is 10.1. The Balaban J connectivity index is 2.07. The number of imidazole rings is 1. The summed E-state index contributed by atoms with van der Waals surface area (Å²) in [5.74, 6) is 0.237. The van der Waals surface area contributed by atoms with Crippen LogP contribution in [0.1, 0.15) is 16.2 Å². The summed E-state index contributed by atoms with van der Waals surface area (Å²) in [6.07, 6.45) is 3.31. The topological polar surface area (TPSA) is 58.6 Å². The van der Waals surface area contributed by atoms with Gasteiger partial charge in [0.15, 0.2) is 5.82 Å². The van der Waals surface area contributed by atoms with Gasteiger partial charge < -0.3 is 4.98 Å². The molecule has 0 unspecified atom stereocenters. The van der Waals surface area contributed by atoms with Crippen molar-refractivity contribution < 1.29 is 4.79 Å². The van der Waals surface area contributed by atoms with Crippen LogP contribution in [0.15, 0.2) is 48.8 Å². The van der Waals surface area contributed by atoms with Crippen LogP contribution in [-0.4, -0.2) is 20.7 Å². The summed E-state index contributed by atoms with van der Waals surface area (Å²) >= 11 is 0. The zero-order valence-electron chi connectivity index (χ0n) is 8.92. The molecule has 17 heavy (non-hydrogen) atoms. The summed E-state index contributed by atoms with van der Waals surface area (Å²) in [4.78, 5) is 23.3. The molecule has 82 valence electrons. The van der Waals surface area contributed by atoms with E-state index in [-0.39, 0.29) is 5.78 Å². The summed E-state index contributed by atoms with van der Waals surface area (Å²) < 4.78 is 0. The molecule has 0 atom stereocenters. The molecule has 0 aliphatic rings. The first kappa shape index (κ1) is 9.72. The number of fused-ring (bicyclic) bond motifs is 1. The monoisotopic (exact) mass is 223 g/mol. The van der Waals surface area contributed by atoms with Crippen molar-refractivity contribution in [2.24, 2.45) is 0 Å². The van der Waals surface area contributed by atoms with E-state index in [0.29, 0.717) is 11.4 Å². The van der Waals surface area contributed by atoms with Crippen LogP contribution in [0.2, 0.25) is 0 Å². The molecule has 4 nitrogen and oxygen atoms in total. The number of ketones is 1. The van der Waals surface area contributed by atoms with Crippen LogP contribution >= 0.6 is 0 Å². The number of aromatic nitrogens is 3. The Morgan fingerprint density at radius 2 is 1.94 bits per heavy atom. The highest BCUT2D eigenvalue weighted by Crippen LogP contribution is 2.12. The molecule has 0 fully saturated rings. The number of carbonyl (C=O) groups excluding carboxylic acids is 1. The predicted molar refractivity (Wildman–Crippen MR) is 63.8 cm³/mol. The maximum Gasteiger partial charge on any atom is 0.228 e. The van der Waals surface area contributed by atoms with Gasteiger partial charge in [0.1, 0.15) is 0 Å². The van der Waals surface area contributed by atoms with E-state index in [9.17, 15) is 4.79 Å². The molecule has 0 saturated carbocycles. The van der Waals surface area contributed by atoms with E-state index < -0.39 is 0 Å². The van der Waals surface area contributed by atoms with Gasteiger partial charge in [-0.05, 0) is 6.07 Å². The number of H-pyrrole nitrogens is 1. The standard InChI is InChI=1S/C13H9N3O/c17-12(9-4-2-1-3-5-9)13-15-10-6-7-14-8-11(10)16-13/h1-8H,(H,15,16). The van der Waals surface area contributed by atoms with Crippen molar-refractivity contribution in [1.82, 2.24) is 15.0 Å². The Morgan fingerprint density at radius 3 is 2.71 bits per heavy atom. The van der Waals surface area contributed by atoms with Crippen LogP contribution in [0, 0.1) is 0 Å². The average molecular weight is 223 g/mol. The quantitative estimate of drug-likeness (QED) is 0.677. The van der Waals surface area contributed by atoms with Crippen LogP contribution in [0.3, 0.4) is 0 Å². The van der Waals surface area contributed by atoms with Crippen LogP contribution in [0.4, 0.5) is 0 Å². The van der Waals surface area contributed by atoms with E-state index in [1.807, 2.05) is 18.2 Å². The number of nitrogens with zero attached hydrogens (tertiary/aromatic N) is 2. The Hall–Kier alpha value is -2.49. The molecule has 0 saturated heterocycles. The fourth-order valence-corrected chi connectivity index (χ4v) is 1.69. The highest BCUT2D eigenvalue weighted by atomic mass is 16.1. The second-order valence-corrected chi connectivity index (χ2v) is 3.67. The van der Waals surface area contributed by atoms with Crippen molar-refractivity contribution in [3.05, 3.63) is 60.2 Å². The van der Waals surface area contributed by atoms with Crippen molar-refractivity contribution in [2.75, 3.05) is 0 Å². The fourth-order valence-electron chi connectivity index (χ4n) is 1.69. The predicted octanol–water partition coefficient (Wildman–Crippen LogP) is 2.19. The van der Waals surface area contributed by atoms with Crippen LogP contribution in [-0.2, 0) is 0 Å². The first-order chi connectivity index (χ1) is 8.34. The third-order valence-corrected chi connectivity index (χ3v) is 2.53. The lowest BCUT2D eigenvalue weighted by Gasteiger charge is -1.95. The molecular weight excluding hydrogens is 214 g/mol. The molecule has 0 amide bonds. The summed E-state index contributed by atoms with van der Waals surface area (Å²) in [6.45, 7) is 0. The van der Waals surface area contributed by atoms with Gasteiger partial charge in [0.25, 0.3) is 0 Å². The minimum absolute atomic E-state index is 0.109. The van der Waals surface area contributed by atoms with Crippen LogP contribution in [0.5, 0.6) is 0 Å². The number of aromatic amines is 1. The first-order valence-electron chi connectivity index (χ1n) is 5.24. The molecule has 1 aromatic carbocycles. The van der Waals surface area contributed by atoms with Crippen molar-refractivity contribution in [1.29, 1.82) is 0 Å². The number of nitrogens with one attached hydrogen (secondary N) is 1. The maximum atomic E-state index is 12.1. The number of hydrogen-bond donors (Lipinski definition) is 1. The van der Waals surface area contributed by atoms with Gasteiger partial charge in [0.05, 0.1) is 17.2 Å². The van der Waals surface area contributed by atoms with Crippen molar-refractivity contribution in [3.63, 3.8) is 0 Å². The van der Waals surface area contributed by atoms with E-state index in [4.69, 9.17) is 0 Å². The van der Waals surface area contributed by atoms with E-state index >= 15 is 0 Å². The number of rotatable bonds is 2. The third kappa shape index (κ3) is 1.69. The molecule has 0 spiro atoms. The molecule has 0 aliphatic heterocycles. The molecule has 0 aliphatic carbocycles. The molecule has 1 N–H and O–H groups in total. The molecule has 0 bridgehead atoms. The summed E-state index contributed by atoms with van der Waals surface area (Å²) in [5, 5.41) is 0.